The van der Waals surface area contributed by atoms with Gasteiger partial charge in [0.25, 0.3) is 5.92 Å². The smallest absolute Gasteiger partial charge is 0.281 e. The van der Waals surface area contributed by atoms with Crippen LogP contribution in [0.25, 0.3) is 27.7 Å². The number of fused-ring (bicyclic) bond motifs is 2. The number of hydrogen-bond acceptors (Lipinski definition) is 6. The van der Waals surface area contributed by atoms with Crippen molar-refractivity contribution < 1.29 is 22.3 Å². The second-order valence-electron chi connectivity index (χ2n) is 8.45. The molecular weight excluding hydrogens is 454 g/mol. The minimum absolute atomic E-state index is 0.0274. The first-order valence-corrected chi connectivity index (χ1v) is 10.7. The minimum Gasteiger partial charge on any atom is -0.479 e. The maximum Gasteiger partial charge on any atom is 0.281 e. The molecule has 0 amide bonds. The van der Waals surface area contributed by atoms with Crippen LogP contribution >= 0.6 is 0 Å². The Labute approximate surface area is 192 Å². The third-order valence-corrected chi connectivity index (χ3v) is 6.07. The number of imidazole rings is 1. The number of aromatic nitrogens is 5. The fourth-order valence-electron chi connectivity index (χ4n) is 4.55. The van der Waals surface area contributed by atoms with E-state index >= 15 is 4.39 Å². The highest BCUT2D eigenvalue weighted by Gasteiger charge is 2.47. The fraction of sp³-hybridized carbons (Fsp3) is 0.409. The Morgan fingerprint density at radius 2 is 2.06 bits per heavy atom. The normalized spacial score (nSPS) is 18.3. The number of methoxy groups -OCH3 is 1. The number of alkyl halides is 3. The number of likely N-dealkylation sites (tertiary alicyclic amines) is 1. The molecule has 1 N–H and O–H groups in total. The number of anilines is 1. The van der Waals surface area contributed by atoms with Gasteiger partial charge in [0.2, 0.25) is 11.8 Å². The zero-order valence-corrected chi connectivity index (χ0v) is 18.8. The molecule has 0 spiro atoms. The quantitative estimate of drug-likeness (QED) is 0.429. The standard InChI is InChI=1S/C22H23F4N7O/c1-12-27-15-5-4-13(8-16(15)32(12)7-6-23)18-14(24)9-33-19(18)20(34-3)29-21(30-33)28-17-10-31(2)11-22(17,25)26/h4-5,8-9,17H,6-7,10-11H2,1-3H3,(H,28,30)/t17-/m1/s1. The molecule has 0 radical (unpaired) electrons. The molecule has 5 rings (SSSR count). The summed E-state index contributed by atoms with van der Waals surface area (Å²) in [6, 6.07) is 3.97. The van der Waals surface area contributed by atoms with E-state index in [1.165, 1.54) is 16.5 Å². The van der Waals surface area contributed by atoms with Gasteiger partial charge < -0.3 is 14.6 Å². The van der Waals surface area contributed by atoms with Gasteiger partial charge in [-0.15, -0.1) is 5.10 Å². The highest BCUT2D eigenvalue weighted by molar-refractivity contribution is 5.90. The lowest BCUT2D eigenvalue weighted by atomic mass is 10.1. The van der Waals surface area contributed by atoms with E-state index in [1.807, 2.05) is 0 Å². The van der Waals surface area contributed by atoms with Crippen LogP contribution in [0.5, 0.6) is 5.88 Å². The van der Waals surface area contributed by atoms with Gasteiger partial charge in [-0.25, -0.2) is 27.1 Å². The Morgan fingerprint density at radius 3 is 2.74 bits per heavy atom. The van der Waals surface area contributed by atoms with E-state index in [2.05, 4.69) is 20.4 Å². The van der Waals surface area contributed by atoms with E-state index < -0.39 is 24.5 Å². The summed E-state index contributed by atoms with van der Waals surface area (Å²) in [7, 11) is 2.97. The molecule has 0 aliphatic carbocycles. The summed E-state index contributed by atoms with van der Waals surface area (Å²) in [5, 5.41) is 6.87. The highest BCUT2D eigenvalue weighted by Crippen LogP contribution is 2.36. The van der Waals surface area contributed by atoms with Crippen molar-refractivity contribution in [3.63, 3.8) is 0 Å². The third kappa shape index (κ3) is 3.61. The van der Waals surface area contributed by atoms with Crippen molar-refractivity contribution in [1.29, 1.82) is 0 Å². The lowest BCUT2D eigenvalue weighted by Crippen LogP contribution is -2.38. The number of aryl methyl sites for hydroxylation is 2. The van der Waals surface area contributed by atoms with Crippen molar-refractivity contribution in [3.8, 4) is 17.0 Å². The lowest BCUT2D eigenvalue weighted by Gasteiger charge is -2.19. The largest absolute Gasteiger partial charge is 0.479 e. The summed E-state index contributed by atoms with van der Waals surface area (Å²) < 4.78 is 65.1. The Bertz CT molecular complexity index is 1380. The van der Waals surface area contributed by atoms with E-state index in [0.717, 1.165) is 6.20 Å². The second kappa shape index (κ2) is 8.12. The van der Waals surface area contributed by atoms with Crippen LogP contribution < -0.4 is 10.1 Å². The molecule has 1 saturated heterocycles. The summed E-state index contributed by atoms with van der Waals surface area (Å²) in [5.41, 5.74) is 2.25. The molecule has 1 atom stereocenters. The highest BCUT2D eigenvalue weighted by atomic mass is 19.3. The molecule has 0 saturated carbocycles. The van der Waals surface area contributed by atoms with Crippen LogP contribution in [0, 0.1) is 12.7 Å². The second-order valence-corrected chi connectivity index (χ2v) is 8.45. The van der Waals surface area contributed by atoms with Crippen molar-refractivity contribution in [1.82, 2.24) is 29.0 Å². The molecule has 1 aliphatic heterocycles. The van der Waals surface area contributed by atoms with Crippen LogP contribution in [0.15, 0.2) is 24.4 Å². The molecular formula is C22H23F4N7O. The van der Waals surface area contributed by atoms with Gasteiger partial charge in [-0.2, -0.15) is 4.98 Å². The first-order valence-electron chi connectivity index (χ1n) is 10.7. The van der Waals surface area contributed by atoms with Gasteiger partial charge in [-0.1, -0.05) is 6.07 Å². The first-order chi connectivity index (χ1) is 16.2. The Hall–Kier alpha value is -3.41. The van der Waals surface area contributed by atoms with Crippen LogP contribution in [-0.2, 0) is 6.54 Å². The number of ether oxygens (including phenoxy) is 1. The molecule has 4 heterocycles. The predicted molar refractivity (Wildman–Crippen MR) is 119 cm³/mol. The summed E-state index contributed by atoms with van der Waals surface area (Å²) in [6.07, 6.45) is 1.15. The molecule has 0 unspecified atom stereocenters. The number of benzene rings is 1. The van der Waals surface area contributed by atoms with Gasteiger partial charge in [0.15, 0.2) is 5.82 Å². The maximum atomic E-state index is 15.2. The molecule has 34 heavy (non-hydrogen) atoms. The molecule has 0 bridgehead atoms. The van der Waals surface area contributed by atoms with Crippen LogP contribution in [-0.4, -0.2) is 74.9 Å². The summed E-state index contributed by atoms with van der Waals surface area (Å²) >= 11 is 0. The third-order valence-electron chi connectivity index (χ3n) is 6.07. The molecule has 1 aliphatic rings. The fourth-order valence-corrected chi connectivity index (χ4v) is 4.55. The van der Waals surface area contributed by atoms with Crippen molar-refractivity contribution in [2.24, 2.45) is 0 Å². The first kappa shape index (κ1) is 22.4. The average Bonchev–Trinajstić information content (AvgIpc) is 3.36. The maximum absolute atomic E-state index is 15.2. The minimum atomic E-state index is -2.97. The predicted octanol–water partition coefficient (Wildman–Crippen LogP) is 3.53. The van der Waals surface area contributed by atoms with E-state index in [9.17, 15) is 13.2 Å². The van der Waals surface area contributed by atoms with E-state index in [-0.39, 0.29) is 42.5 Å². The average molecular weight is 477 g/mol. The monoisotopic (exact) mass is 477 g/mol. The number of nitrogens with zero attached hydrogens (tertiary/aromatic N) is 6. The van der Waals surface area contributed by atoms with Gasteiger partial charge in [-0.05, 0) is 31.7 Å². The molecule has 3 aromatic heterocycles. The van der Waals surface area contributed by atoms with Crippen LogP contribution in [0.1, 0.15) is 5.82 Å². The number of rotatable bonds is 6. The van der Waals surface area contributed by atoms with Crippen molar-refractivity contribution >= 4 is 22.5 Å². The summed E-state index contributed by atoms with van der Waals surface area (Å²) in [4.78, 5) is 10.2. The Morgan fingerprint density at radius 1 is 1.26 bits per heavy atom. The molecule has 8 nitrogen and oxygen atoms in total. The zero-order valence-electron chi connectivity index (χ0n) is 18.8. The summed E-state index contributed by atoms with van der Waals surface area (Å²) in [6.45, 7) is 1.07. The van der Waals surface area contributed by atoms with E-state index in [1.54, 1.807) is 36.7 Å². The number of likely N-dealkylation sites (N-methyl/N-ethyl adjacent to an activating group) is 1. The van der Waals surface area contributed by atoms with Gasteiger partial charge in [0.05, 0.1) is 43.0 Å². The number of nitrogens with one attached hydrogen (secondary N) is 1. The van der Waals surface area contributed by atoms with Crippen molar-refractivity contribution in [2.75, 3.05) is 39.2 Å². The van der Waals surface area contributed by atoms with Gasteiger partial charge >= 0.3 is 0 Å². The Kier molecular flexibility index (Phi) is 5.34. The number of halogens is 4. The SMILES string of the molecule is COc1nc(N[C@@H]2CN(C)CC2(F)F)nn2cc(F)c(-c3ccc4nc(C)n(CCF)c4c3)c12. The van der Waals surface area contributed by atoms with Crippen molar-refractivity contribution in [3.05, 3.63) is 36.0 Å². The molecule has 12 heteroatoms. The molecule has 1 fully saturated rings. The Balaban J connectivity index is 1.60. The number of hydrogen-bond donors (Lipinski definition) is 1. The lowest BCUT2D eigenvalue weighted by molar-refractivity contribution is 0.00583. The van der Waals surface area contributed by atoms with E-state index in [0.29, 0.717) is 22.4 Å². The van der Waals surface area contributed by atoms with Crippen LogP contribution in [0.2, 0.25) is 0 Å². The summed E-state index contributed by atoms with van der Waals surface area (Å²) in [5.74, 6) is -2.98. The van der Waals surface area contributed by atoms with Crippen LogP contribution in [0.3, 0.4) is 0 Å². The zero-order chi connectivity index (χ0) is 24.2. The topological polar surface area (TPSA) is 72.5 Å². The van der Waals surface area contributed by atoms with Gasteiger partial charge in [0, 0.05) is 6.54 Å². The van der Waals surface area contributed by atoms with Gasteiger partial charge in [0.1, 0.15) is 24.1 Å². The molecule has 180 valence electrons. The molecule has 1 aromatic carbocycles. The van der Waals surface area contributed by atoms with Crippen molar-refractivity contribution in [2.45, 2.75) is 25.4 Å². The van der Waals surface area contributed by atoms with Gasteiger partial charge in [-0.3, -0.25) is 4.90 Å². The van der Waals surface area contributed by atoms with Crippen LogP contribution in [0.4, 0.5) is 23.5 Å². The van der Waals surface area contributed by atoms with E-state index in [4.69, 9.17) is 4.74 Å². The molecule has 4 aromatic rings.